The van der Waals surface area contributed by atoms with E-state index in [1.165, 1.54) is 11.3 Å². The SMILES string of the molecule is O=C(COCC1CCCCO1)NCc1csc(-c2cnccn2)n1. The maximum Gasteiger partial charge on any atom is 0.246 e. The Kier molecular flexibility index (Phi) is 6.22. The molecule has 1 aliphatic heterocycles. The number of carbonyl (C=O) groups is 1. The number of amides is 1. The van der Waals surface area contributed by atoms with Gasteiger partial charge in [-0.05, 0) is 19.3 Å². The molecule has 3 rings (SSSR count). The van der Waals surface area contributed by atoms with Crippen LogP contribution < -0.4 is 5.32 Å². The molecule has 0 radical (unpaired) electrons. The molecule has 0 aliphatic carbocycles. The van der Waals surface area contributed by atoms with Crippen LogP contribution in [0, 0.1) is 0 Å². The van der Waals surface area contributed by atoms with Gasteiger partial charge >= 0.3 is 0 Å². The van der Waals surface area contributed by atoms with E-state index in [1.807, 2.05) is 5.38 Å². The molecular weight excluding hydrogens is 328 g/mol. The molecule has 0 bridgehead atoms. The quantitative estimate of drug-likeness (QED) is 0.821. The molecule has 8 heteroatoms. The molecular formula is C16H20N4O3S. The highest BCUT2D eigenvalue weighted by atomic mass is 32.1. The summed E-state index contributed by atoms with van der Waals surface area (Å²) in [6, 6.07) is 0. The van der Waals surface area contributed by atoms with E-state index < -0.39 is 0 Å². The summed E-state index contributed by atoms with van der Waals surface area (Å²) in [7, 11) is 0. The van der Waals surface area contributed by atoms with E-state index in [1.54, 1.807) is 18.6 Å². The van der Waals surface area contributed by atoms with Gasteiger partial charge in [-0.25, -0.2) is 4.98 Å². The van der Waals surface area contributed by atoms with Crippen LogP contribution in [0.3, 0.4) is 0 Å². The Labute approximate surface area is 144 Å². The molecule has 0 saturated carbocycles. The van der Waals surface area contributed by atoms with Crippen LogP contribution in [0.15, 0.2) is 24.0 Å². The number of nitrogens with zero attached hydrogens (tertiary/aromatic N) is 3. The van der Waals surface area contributed by atoms with Crippen molar-refractivity contribution >= 4 is 17.2 Å². The molecule has 128 valence electrons. The second-order valence-electron chi connectivity index (χ2n) is 5.52. The molecule has 1 fully saturated rings. The number of carbonyl (C=O) groups excluding carboxylic acids is 1. The van der Waals surface area contributed by atoms with E-state index in [9.17, 15) is 4.79 Å². The Morgan fingerprint density at radius 2 is 2.38 bits per heavy atom. The van der Waals surface area contributed by atoms with Crippen molar-refractivity contribution < 1.29 is 14.3 Å². The highest BCUT2D eigenvalue weighted by molar-refractivity contribution is 7.13. The summed E-state index contributed by atoms with van der Waals surface area (Å²) < 4.78 is 11.0. The maximum absolute atomic E-state index is 11.8. The molecule has 24 heavy (non-hydrogen) atoms. The first-order valence-electron chi connectivity index (χ1n) is 7.98. The lowest BCUT2D eigenvalue weighted by atomic mass is 10.1. The number of rotatable bonds is 7. The Balaban J connectivity index is 1.38. The second-order valence-corrected chi connectivity index (χ2v) is 6.37. The summed E-state index contributed by atoms with van der Waals surface area (Å²) in [6.45, 7) is 1.68. The fourth-order valence-corrected chi connectivity index (χ4v) is 3.16. The molecule has 3 heterocycles. The molecule has 1 saturated heterocycles. The smallest absolute Gasteiger partial charge is 0.246 e. The third kappa shape index (κ3) is 5.05. The Hall–Kier alpha value is -1.90. The van der Waals surface area contributed by atoms with Crippen molar-refractivity contribution in [3.8, 4) is 10.7 Å². The van der Waals surface area contributed by atoms with Crippen molar-refractivity contribution in [2.45, 2.75) is 31.9 Å². The molecule has 2 aromatic heterocycles. The Bertz CT molecular complexity index is 644. The van der Waals surface area contributed by atoms with Crippen LogP contribution in [0.4, 0.5) is 0 Å². The minimum atomic E-state index is -0.153. The van der Waals surface area contributed by atoms with Crippen LogP contribution in [-0.4, -0.2) is 46.8 Å². The Morgan fingerprint density at radius 1 is 1.42 bits per heavy atom. The zero-order valence-electron chi connectivity index (χ0n) is 13.3. The van der Waals surface area contributed by atoms with Crippen molar-refractivity contribution in [2.75, 3.05) is 19.8 Å². The van der Waals surface area contributed by atoms with Crippen LogP contribution in [0.2, 0.25) is 0 Å². The molecule has 0 spiro atoms. The first-order chi connectivity index (χ1) is 11.8. The van der Waals surface area contributed by atoms with Gasteiger partial charge in [0.1, 0.15) is 17.3 Å². The van der Waals surface area contributed by atoms with Gasteiger partial charge in [-0.1, -0.05) is 0 Å². The summed E-state index contributed by atoms with van der Waals surface area (Å²) in [6.07, 6.45) is 8.33. The van der Waals surface area contributed by atoms with Crippen LogP contribution in [0.5, 0.6) is 0 Å². The fourth-order valence-electron chi connectivity index (χ4n) is 2.38. The number of ether oxygens (including phenoxy) is 2. The third-order valence-corrected chi connectivity index (χ3v) is 4.53. The van der Waals surface area contributed by atoms with Gasteiger partial charge in [0.25, 0.3) is 0 Å². The monoisotopic (exact) mass is 348 g/mol. The third-order valence-electron chi connectivity index (χ3n) is 3.61. The second kappa shape index (κ2) is 8.81. The number of aromatic nitrogens is 3. The van der Waals surface area contributed by atoms with E-state index in [0.717, 1.165) is 42.3 Å². The first-order valence-corrected chi connectivity index (χ1v) is 8.86. The van der Waals surface area contributed by atoms with Crippen LogP contribution in [0.1, 0.15) is 25.0 Å². The fraction of sp³-hybridized carbons (Fsp3) is 0.500. The predicted octanol–water partition coefficient (Wildman–Crippen LogP) is 1.80. The number of hydrogen-bond donors (Lipinski definition) is 1. The van der Waals surface area contributed by atoms with Gasteiger partial charge < -0.3 is 14.8 Å². The van der Waals surface area contributed by atoms with Gasteiger partial charge in [0.2, 0.25) is 5.91 Å². The predicted molar refractivity (Wildman–Crippen MR) is 89.4 cm³/mol. The largest absolute Gasteiger partial charge is 0.376 e. The molecule has 1 N–H and O–H groups in total. The van der Waals surface area contributed by atoms with Gasteiger partial charge in [-0.3, -0.25) is 14.8 Å². The zero-order valence-corrected chi connectivity index (χ0v) is 14.1. The van der Waals surface area contributed by atoms with Gasteiger partial charge in [0, 0.05) is 24.4 Å². The summed E-state index contributed by atoms with van der Waals surface area (Å²) in [5.41, 5.74) is 1.53. The molecule has 0 aromatic carbocycles. The van der Waals surface area contributed by atoms with Gasteiger partial charge in [-0.15, -0.1) is 11.3 Å². The maximum atomic E-state index is 11.8. The summed E-state index contributed by atoms with van der Waals surface area (Å²) in [5, 5.41) is 5.50. The average molecular weight is 348 g/mol. The highest BCUT2D eigenvalue weighted by Crippen LogP contribution is 2.20. The standard InChI is InChI=1S/C16H20N4O3S/c21-15(10-22-9-13-3-1-2-6-23-13)19-7-12-11-24-16(20-12)14-8-17-4-5-18-14/h4-5,8,11,13H,1-3,6-7,9-10H2,(H,19,21). The van der Waals surface area contributed by atoms with Crippen LogP contribution in [-0.2, 0) is 20.8 Å². The van der Waals surface area contributed by atoms with Crippen LogP contribution in [0.25, 0.3) is 10.7 Å². The van der Waals surface area contributed by atoms with E-state index >= 15 is 0 Å². The van der Waals surface area contributed by atoms with Crippen molar-refractivity contribution in [3.05, 3.63) is 29.7 Å². The minimum Gasteiger partial charge on any atom is -0.376 e. The van der Waals surface area contributed by atoms with E-state index in [-0.39, 0.29) is 18.6 Å². The minimum absolute atomic E-state index is 0.0427. The summed E-state index contributed by atoms with van der Waals surface area (Å²) in [5.74, 6) is -0.153. The van der Waals surface area contributed by atoms with Gasteiger partial charge in [0.05, 0.1) is 31.1 Å². The molecule has 7 nitrogen and oxygen atoms in total. The Morgan fingerprint density at radius 3 is 3.17 bits per heavy atom. The molecule has 1 unspecified atom stereocenters. The lowest BCUT2D eigenvalue weighted by Crippen LogP contribution is -2.30. The van der Waals surface area contributed by atoms with Gasteiger partial charge in [0.15, 0.2) is 0 Å². The van der Waals surface area contributed by atoms with Crippen molar-refractivity contribution in [1.82, 2.24) is 20.3 Å². The summed E-state index contributed by atoms with van der Waals surface area (Å²) in [4.78, 5) is 24.5. The summed E-state index contributed by atoms with van der Waals surface area (Å²) >= 11 is 1.48. The van der Waals surface area contributed by atoms with Crippen molar-refractivity contribution in [1.29, 1.82) is 0 Å². The number of thiazole rings is 1. The van der Waals surface area contributed by atoms with Crippen molar-refractivity contribution in [3.63, 3.8) is 0 Å². The molecule has 1 aliphatic rings. The molecule has 1 amide bonds. The van der Waals surface area contributed by atoms with E-state index in [4.69, 9.17) is 9.47 Å². The molecule has 1 atom stereocenters. The molecule has 2 aromatic rings. The first kappa shape index (κ1) is 16.9. The van der Waals surface area contributed by atoms with Gasteiger partial charge in [-0.2, -0.15) is 0 Å². The number of nitrogens with one attached hydrogen (secondary N) is 1. The lowest BCUT2D eigenvalue weighted by Gasteiger charge is -2.22. The van der Waals surface area contributed by atoms with E-state index in [0.29, 0.717) is 13.2 Å². The van der Waals surface area contributed by atoms with Crippen LogP contribution >= 0.6 is 11.3 Å². The zero-order chi connectivity index (χ0) is 16.6. The normalized spacial score (nSPS) is 17.6. The average Bonchev–Trinajstić information content (AvgIpc) is 3.11. The number of hydrogen-bond acceptors (Lipinski definition) is 7. The lowest BCUT2D eigenvalue weighted by molar-refractivity contribution is -0.128. The van der Waals surface area contributed by atoms with Crippen molar-refractivity contribution in [2.24, 2.45) is 0 Å². The highest BCUT2D eigenvalue weighted by Gasteiger charge is 2.14. The van der Waals surface area contributed by atoms with E-state index in [2.05, 4.69) is 20.3 Å². The topological polar surface area (TPSA) is 86.2 Å².